The van der Waals surface area contributed by atoms with Crippen molar-refractivity contribution in [2.45, 2.75) is 6.92 Å². The molecular weight excluding hydrogens is 142 g/mol. The van der Waals surface area contributed by atoms with E-state index in [1.54, 1.807) is 11.9 Å². The molecule has 0 radical (unpaired) electrons. The Morgan fingerprint density at radius 3 is 3.00 bits per heavy atom. The number of aryl methyl sites for hydroxylation is 1. The molecule has 0 spiro atoms. The highest BCUT2D eigenvalue weighted by atomic mass is 32.2. The monoisotopic (exact) mass is 152 g/mol. The van der Waals surface area contributed by atoms with E-state index in [9.17, 15) is 0 Å². The largest absolute Gasteiger partial charge is 0.194 e. The van der Waals surface area contributed by atoms with Crippen LogP contribution in [0, 0.1) is 6.92 Å². The number of rotatable bonds is 2. The summed E-state index contributed by atoms with van der Waals surface area (Å²) < 4.78 is 2.06. The Morgan fingerprint density at radius 2 is 2.40 bits per heavy atom. The highest BCUT2D eigenvalue weighted by Gasteiger charge is 2.01. The highest BCUT2D eigenvalue weighted by Crippen LogP contribution is 1.96. The summed E-state index contributed by atoms with van der Waals surface area (Å²) in [4.78, 5) is 0. The Hall–Kier alpha value is -0.760. The molecular formula is C8H10NS+. The predicted octanol–water partition coefficient (Wildman–Crippen LogP) is 1.92. The van der Waals surface area contributed by atoms with Crippen LogP contribution in [0.25, 0.3) is 0 Å². The summed E-state index contributed by atoms with van der Waals surface area (Å²) in [6.45, 7) is 5.71. The van der Waals surface area contributed by atoms with Gasteiger partial charge in [-0.15, -0.1) is 3.97 Å². The maximum Gasteiger partial charge on any atom is 0.194 e. The molecule has 1 aromatic rings. The van der Waals surface area contributed by atoms with Crippen molar-refractivity contribution >= 4 is 11.9 Å². The van der Waals surface area contributed by atoms with E-state index in [4.69, 9.17) is 0 Å². The van der Waals surface area contributed by atoms with Crippen LogP contribution in [0.2, 0.25) is 0 Å². The zero-order valence-electron chi connectivity index (χ0n) is 5.95. The molecule has 0 saturated carbocycles. The molecule has 0 bridgehead atoms. The van der Waals surface area contributed by atoms with E-state index in [0.717, 1.165) is 0 Å². The molecule has 1 rings (SSSR count). The van der Waals surface area contributed by atoms with Crippen LogP contribution in [-0.2, 0) is 0 Å². The summed E-state index contributed by atoms with van der Waals surface area (Å²) in [6.07, 6.45) is 2.02. The Balaban J connectivity index is 2.91. The molecule has 10 heavy (non-hydrogen) atoms. The van der Waals surface area contributed by atoms with Gasteiger partial charge in [0.2, 0.25) is 0 Å². The lowest BCUT2D eigenvalue weighted by Gasteiger charge is -1.90. The third-order valence-corrected chi connectivity index (χ3v) is 1.99. The Bertz CT molecular complexity index is 232. The van der Waals surface area contributed by atoms with E-state index in [-0.39, 0.29) is 0 Å². The fraction of sp³-hybridized carbons (Fsp3) is 0.125. The fourth-order valence-corrected chi connectivity index (χ4v) is 1.24. The van der Waals surface area contributed by atoms with Crippen LogP contribution in [0.4, 0.5) is 0 Å². The Labute approximate surface area is 65.5 Å². The molecule has 0 aliphatic heterocycles. The van der Waals surface area contributed by atoms with Gasteiger partial charge in [0, 0.05) is 24.5 Å². The molecule has 1 aromatic heterocycles. The van der Waals surface area contributed by atoms with Gasteiger partial charge in [0.05, 0.1) is 0 Å². The number of nitrogens with zero attached hydrogens (tertiary/aromatic N) is 1. The van der Waals surface area contributed by atoms with Gasteiger partial charge >= 0.3 is 0 Å². The first-order valence-electron chi connectivity index (χ1n) is 3.10. The lowest BCUT2D eigenvalue weighted by atomic mass is 10.4. The zero-order chi connectivity index (χ0) is 7.40. The van der Waals surface area contributed by atoms with Crippen LogP contribution in [0.5, 0.6) is 0 Å². The van der Waals surface area contributed by atoms with Gasteiger partial charge in [0.25, 0.3) is 0 Å². The van der Waals surface area contributed by atoms with Crippen molar-refractivity contribution in [3.63, 3.8) is 0 Å². The molecule has 0 unspecified atom stereocenters. The van der Waals surface area contributed by atoms with Gasteiger partial charge in [-0.05, 0) is 0 Å². The van der Waals surface area contributed by atoms with Gasteiger partial charge in [-0.25, -0.2) is 0 Å². The van der Waals surface area contributed by atoms with E-state index in [2.05, 4.69) is 23.5 Å². The molecule has 0 saturated heterocycles. The molecule has 0 aromatic carbocycles. The minimum atomic E-state index is 1.23. The molecule has 0 fully saturated rings. The van der Waals surface area contributed by atoms with Crippen molar-refractivity contribution in [2.24, 2.45) is 0 Å². The molecule has 1 nitrogen and oxygen atoms in total. The average Bonchev–Trinajstić information content (AvgIpc) is 1.94. The number of hydrogen-bond donors (Lipinski definition) is 0. The summed E-state index contributed by atoms with van der Waals surface area (Å²) in [5.41, 5.74) is 1.23. The Kier molecular flexibility index (Phi) is 2.51. The standard InChI is InChI=1S/C8H10NS/c1-3-10-9-7-5-4-6-8(9)2/h3-7H,1H2,2H3/q+1. The van der Waals surface area contributed by atoms with Crippen molar-refractivity contribution in [3.05, 3.63) is 42.1 Å². The van der Waals surface area contributed by atoms with Gasteiger partial charge in [-0.3, -0.25) is 0 Å². The van der Waals surface area contributed by atoms with Gasteiger partial charge in [-0.2, -0.15) is 0 Å². The van der Waals surface area contributed by atoms with Crippen LogP contribution in [0.3, 0.4) is 0 Å². The van der Waals surface area contributed by atoms with Crippen LogP contribution in [-0.4, -0.2) is 0 Å². The first-order chi connectivity index (χ1) is 4.84. The Morgan fingerprint density at radius 1 is 1.60 bits per heavy atom. The summed E-state index contributed by atoms with van der Waals surface area (Å²) in [5.74, 6) is 0. The van der Waals surface area contributed by atoms with Crippen LogP contribution < -0.4 is 3.97 Å². The predicted molar refractivity (Wildman–Crippen MR) is 44.6 cm³/mol. The third-order valence-electron chi connectivity index (χ3n) is 1.21. The van der Waals surface area contributed by atoms with Gasteiger partial charge in [0.15, 0.2) is 23.8 Å². The second-order valence-electron chi connectivity index (χ2n) is 1.94. The summed E-state index contributed by atoms with van der Waals surface area (Å²) in [5, 5.41) is 1.81. The first-order valence-corrected chi connectivity index (χ1v) is 3.93. The quantitative estimate of drug-likeness (QED) is 0.586. The molecule has 0 amide bonds. The minimum Gasteiger partial charge on any atom is -0.128 e. The molecule has 0 aliphatic carbocycles. The molecule has 1 heterocycles. The van der Waals surface area contributed by atoms with Crippen molar-refractivity contribution in [3.8, 4) is 0 Å². The second kappa shape index (κ2) is 3.42. The fourth-order valence-electron chi connectivity index (χ4n) is 0.712. The van der Waals surface area contributed by atoms with Crippen molar-refractivity contribution in [1.82, 2.24) is 0 Å². The number of aromatic nitrogens is 1. The maximum atomic E-state index is 3.64. The lowest BCUT2D eigenvalue weighted by Crippen LogP contribution is -2.26. The smallest absolute Gasteiger partial charge is 0.128 e. The van der Waals surface area contributed by atoms with E-state index in [0.29, 0.717) is 0 Å². The van der Waals surface area contributed by atoms with Crippen molar-refractivity contribution in [2.75, 3.05) is 0 Å². The van der Waals surface area contributed by atoms with Crippen LogP contribution >= 0.6 is 11.9 Å². The van der Waals surface area contributed by atoms with Crippen molar-refractivity contribution in [1.29, 1.82) is 0 Å². The van der Waals surface area contributed by atoms with E-state index in [1.807, 2.05) is 23.7 Å². The lowest BCUT2D eigenvalue weighted by molar-refractivity contribution is -0.501. The summed E-state index contributed by atoms with van der Waals surface area (Å²) >= 11 is 1.58. The van der Waals surface area contributed by atoms with Crippen molar-refractivity contribution < 1.29 is 3.97 Å². The maximum absolute atomic E-state index is 3.64. The van der Waals surface area contributed by atoms with E-state index >= 15 is 0 Å². The number of pyridine rings is 1. The third kappa shape index (κ3) is 1.61. The summed E-state index contributed by atoms with van der Waals surface area (Å²) in [6, 6.07) is 6.09. The highest BCUT2D eigenvalue weighted by molar-refractivity contribution is 7.95. The summed E-state index contributed by atoms with van der Waals surface area (Å²) in [7, 11) is 0. The van der Waals surface area contributed by atoms with E-state index < -0.39 is 0 Å². The van der Waals surface area contributed by atoms with Gasteiger partial charge in [-0.1, -0.05) is 12.6 Å². The molecule has 52 valence electrons. The van der Waals surface area contributed by atoms with Gasteiger partial charge < -0.3 is 0 Å². The van der Waals surface area contributed by atoms with E-state index in [1.165, 1.54) is 5.69 Å². The van der Waals surface area contributed by atoms with Crippen LogP contribution in [0.1, 0.15) is 5.69 Å². The number of hydrogen-bond acceptors (Lipinski definition) is 1. The molecule has 0 atom stereocenters. The first kappa shape index (κ1) is 7.35. The normalized spacial score (nSPS) is 9.30. The second-order valence-corrected chi connectivity index (χ2v) is 2.88. The van der Waals surface area contributed by atoms with Crippen LogP contribution in [0.15, 0.2) is 36.4 Å². The minimum absolute atomic E-state index is 1.23. The zero-order valence-corrected chi connectivity index (χ0v) is 6.77. The molecule has 0 N–H and O–H groups in total. The van der Waals surface area contributed by atoms with Gasteiger partial charge in [0.1, 0.15) is 0 Å². The molecule has 0 aliphatic rings. The average molecular weight is 152 g/mol. The topological polar surface area (TPSA) is 3.88 Å². The SMILES string of the molecule is C=CS[n+]1ccccc1C. The molecule has 2 heteroatoms.